The number of benzene rings is 1. The first kappa shape index (κ1) is 14.8. The molecule has 0 saturated heterocycles. The highest BCUT2D eigenvalue weighted by Crippen LogP contribution is 2.31. The summed E-state index contributed by atoms with van der Waals surface area (Å²) in [5.74, 6) is 0.785. The van der Waals surface area contributed by atoms with Crippen LogP contribution in [-0.2, 0) is 19.6 Å². The highest BCUT2D eigenvalue weighted by atomic mass is 19.4. The minimum atomic E-state index is -4.33. The van der Waals surface area contributed by atoms with Crippen LogP contribution in [0.5, 0.6) is 0 Å². The zero-order chi connectivity index (χ0) is 14.9. The van der Waals surface area contributed by atoms with Gasteiger partial charge in [0.15, 0.2) is 0 Å². The van der Waals surface area contributed by atoms with Gasteiger partial charge < -0.3 is 9.88 Å². The first-order chi connectivity index (χ1) is 9.29. The summed E-state index contributed by atoms with van der Waals surface area (Å²) in [6, 6.07) is 4.06. The van der Waals surface area contributed by atoms with E-state index < -0.39 is 11.7 Å². The van der Waals surface area contributed by atoms with Crippen molar-refractivity contribution in [2.45, 2.75) is 32.5 Å². The monoisotopic (exact) mass is 285 g/mol. The molecule has 0 unspecified atom stereocenters. The largest absolute Gasteiger partial charge is 0.416 e. The lowest BCUT2D eigenvalue weighted by molar-refractivity contribution is -0.137. The number of alkyl halides is 3. The molecule has 0 bridgehead atoms. The summed E-state index contributed by atoms with van der Waals surface area (Å²) in [7, 11) is 1.83. The summed E-state index contributed by atoms with van der Waals surface area (Å²) in [5, 5.41) is 3.27. The Bertz CT molecular complexity index is 599. The van der Waals surface area contributed by atoms with Gasteiger partial charge in [0.25, 0.3) is 0 Å². The van der Waals surface area contributed by atoms with Crippen LogP contribution < -0.4 is 5.32 Å². The van der Waals surface area contributed by atoms with Gasteiger partial charge in [-0.2, -0.15) is 13.2 Å². The maximum absolute atomic E-state index is 12.7. The van der Waals surface area contributed by atoms with Crippen LogP contribution in [0.2, 0.25) is 0 Å². The number of halogens is 3. The number of imidazole rings is 1. The Morgan fingerprint density at radius 1 is 1.30 bits per heavy atom. The van der Waals surface area contributed by atoms with Crippen molar-refractivity contribution in [1.82, 2.24) is 14.9 Å². The number of aryl methyl sites for hydroxylation is 1. The topological polar surface area (TPSA) is 29.9 Å². The van der Waals surface area contributed by atoms with Crippen LogP contribution >= 0.6 is 0 Å². The average Bonchev–Trinajstić information content (AvgIpc) is 2.65. The molecule has 1 aromatic carbocycles. The Morgan fingerprint density at radius 2 is 2.00 bits per heavy atom. The molecule has 0 amide bonds. The van der Waals surface area contributed by atoms with Crippen molar-refractivity contribution in [2.75, 3.05) is 6.54 Å². The third-order valence-corrected chi connectivity index (χ3v) is 3.20. The smallest absolute Gasteiger partial charge is 0.331 e. The zero-order valence-electron chi connectivity index (χ0n) is 11.8. The van der Waals surface area contributed by atoms with Crippen LogP contribution in [0.25, 0.3) is 11.0 Å². The first-order valence-electron chi connectivity index (χ1n) is 6.55. The molecule has 1 N–H and O–H groups in total. The van der Waals surface area contributed by atoms with Crippen LogP contribution in [0.15, 0.2) is 18.2 Å². The normalized spacial score (nSPS) is 12.6. The molecule has 0 aliphatic rings. The van der Waals surface area contributed by atoms with Gasteiger partial charge >= 0.3 is 6.18 Å². The number of fused-ring (bicyclic) bond motifs is 1. The Labute approximate surface area is 115 Å². The SMILES string of the molecule is CC(C)NCCc1nc2cc(C(F)(F)F)ccc2n1C. The number of rotatable bonds is 4. The fraction of sp³-hybridized carbons (Fsp3) is 0.500. The van der Waals surface area contributed by atoms with Gasteiger partial charge in [-0.25, -0.2) is 4.98 Å². The van der Waals surface area contributed by atoms with Crippen LogP contribution in [0.1, 0.15) is 25.2 Å². The molecule has 20 heavy (non-hydrogen) atoms. The number of nitrogens with zero attached hydrogens (tertiary/aromatic N) is 2. The van der Waals surface area contributed by atoms with Gasteiger partial charge in [0.1, 0.15) is 5.82 Å². The molecule has 1 aromatic heterocycles. The average molecular weight is 285 g/mol. The molecule has 0 atom stereocenters. The van der Waals surface area contributed by atoms with Crippen molar-refractivity contribution in [2.24, 2.45) is 7.05 Å². The number of aromatic nitrogens is 2. The van der Waals surface area contributed by atoms with Crippen LogP contribution in [0.3, 0.4) is 0 Å². The summed E-state index contributed by atoms with van der Waals surface area (Å²) in [6.45, 7) is 4.84. The molecule has 0 saturated carbocycles. The second kappa shape index (κ2) is 5.44. The van der Waals surface area contributed by atoms with E-state index >= 15 is 0 Å². The van der Waals surface area contributed by atoms with Gasteiger partial charge in [0.05, 0.1) is 16.6 Å². The maximum atomic E-state index is 12.7. The van der Waals surface area contributed by atoms with Crippen molar-refractivity contribution in [3.05, 3.63) is 29.6 Å². The molecule has 6 heteroatoms. The molecule has 2 aromatic rings. The fourth-order valence-corrected chi connectivity index (χ4v) is 2.12. The van der Waals surface area contributed by atoms with Crippen molar-refractivity contribution < 1.29 is 13.2 Å². The summed E-state index contributed by atoms with van der Waals surface area (Å²) in [4.78, 5) is 4.31. The lowest BCUT2D eigenvalue weighted by atomic mass is 10.2. The van der Waals surface area contributed by atoms with Gasteiger partial charge in [-0.1, -0.05) is 13.8 Å². The second-order valence-corrected chi connectivity index (χ2v) is 5.15. The first-order valence-corrected chi connectivity index (χ1v) is 6.55. The Kier molecular flexibility index (Phi) is 4.04. The van der Waals surface area contributed by atoms with E-state index in [0.29, 0.717) is 18.0 Å². The number of hydrogen-bond acceptors (Lipinski definition) is 2. The van der Waals surface area contributed by atoms with E-state index in [1.165, 1.54) is 6.07 Å². The van der Waals surface area contributed by atoms with Crippen molar-refractivity contribution >= 4 is 11.0 Å². The van der Waals surface area contributed by atoms with Gasteiger partial charge in [0.2, 0.25) is 0 Å². The van der Waals surface area contributed by atoms with Crippen molar-refractivity contribution in [3.8, 4) is 0 Å². The molecule has 110 valence electrons. The van der Waals surface area contributed by atoms with E-state index in [0.717, 1.165) is 30.0 Å². The lowest BCUT2D eigenvalue weighted by Gasteiger charge is -2.07. The van der Waals surface area contributed by atoms with E-state index in [-0.39, 0.29) is 0 Å². The summed E-state index contributed by atoms with van der Waals surface area (Å²) in [5.41, 5.74) is 0.453. The van der Waals surface area contributed by atoms with E-state index in [1.54, 1.807) is 0 Å². The minimum Gasteiger partial charge on any atom is -0.331 e. The minimum absolute atomic E-state index is 0.376. The quantitative estimate of drug-likeness (QED) is 0.935. The fourth-order valence-electron chi connectivity index (χ4n) is 2.12. The third-order valence-electron chi connectivity index (χ3n) is 3.20. The standard InChI is InChI=1S/C14H18F3N3/c1-9(2)18-7-6-13-19-11-8-10(14(15,16)17)4-5-12(11)20(13)3/h4-5,8-9,18H,6-7H2,1-3H3. The predicted molar refractivity (Wildman–Crippen MR) is 72.6 cm³/mol. The molecule has 0 fully saturated rings. The zero-order valence-corrected chi connectivity index (χ0v) is 11.8. The molecule has 0 radical (unpaired) electrons. The molecule has 3 nitrogen and oxygen atoms in total. The van der Waals surface area contributed by atoms with Crippen LogP contribution in [0, 0.1) is 0 Å². The van der Waals surface area contributed by atoms with E-state index in [2.05, 4.69) is 10.3 Å². The molecule has 1 heterocycles. The van der Waals surface area contributed by atoms with Crippen LogP contribution in [0.4, 0.5) is 13.2 Å². The van der Waals surface area contributed by atoms with Gasteiger partial charge in [-0.05, 0) is 18.2 Å². The maximum Gasteiger partial charge on any atom is 0.416 e. The summed E-state index contributed by atoms with van der Waals surface area (Å²) < 4.78 is 39.9. The Hall–Kier alpha value is -1.56. The van der Waals surface area contributed by atoms with Crippen LogP contribution in [-0.4, -0.2) is 22.1 Å². The van der Waals surface area contributed by atoms with Crippen molar-refractivity contribution in [3.63, 3.8) is 0 Å². The highest BCUT2D eigenvalue weighted by molar-refractivity contribution is 5.77. The Balaban J connectivity index is 2.28. The molecular formula is C14H18F3N3. The molecule has 0 spiro atoms. The second-order valence-electron chi connectivity index (χ2n) is 5.15. The van der Waals surface area contributed by atoms with E-state index in [4.69, 9.17) is 0 Å². The summed E-state index contributed by atoms with van der Waals surface area (Å²) >= 11 is 0. The van der Waals surface area contributed by atoms with E-state index in [9.17, 15) is 13.2 Å². The third kappa shape index (κ3) is 3.12. The predicted octanol–water partition coefficient (Wildman–Crippen LogP) is 3.13. The molecule has 0 aliphatic heterocycles. The highest BCUT2D eigenvalue weighted by Gasteiger charge is 2.30. The van der Waals surface area contributed by atoms with E-state index in [1.807, 2.05) is 25.5 Å². The number of nitrogens with one attached hydrogen (secondary N) is 1. The van der Waals surface area contributed by atoms with Crippen molar-refractivity contribution in [1.29, 1.82) is 0 Å². The molecular weight excluding hydrogens is 267 g/mol. The molecule has 0 aliphatic carbocycles. The Morgan fingerprint density at radius 3 is 2.60 bits per heavy atom. The van der Waals surface area contributed by atoms with Gasteiger partial charge in [-0.15, -0.1) is 0 Å². The van der Waals surface area contributed by atoms with Gasteiger partial charge in [-0.3, -0.25) is 0 Å². The summed E-state index contributed by atoms with van der Waals surface area (Å²) in [6.07, 6.45) is -3.64. The van der Waals surface area contributed by atoms with Gasteiger partial charge in [0, 0.05) is 26.1 Å². The lowest BCUT2D eigenvalue weighted by Crippen LogP contribution is -2.25. The molecule has 2 rings (SSSR count). The number of hydrogen-bond donors (Lipinski definition) is 1.